The fourth-order valence-electron chi connectivity index (χ4n) is 4.38. The predicted octanol–water partition coefficient (Wildman–Crippen LogP) is 5.26. The molecule has 1 amide bonds. The lowest BCUT2D eigenvalue weighted by Gasteiger charge is -2.35. The van der Waals surface area contributed by atoms with Crippen molar-refractivity contribution in [1.29, 1.82) is 5.26 Å². The zero-order valence-electron chi connectivity index (χ0n) is 21.9. The van der Waals surface area contributed by atoms with Crippen molar-refractivity contribution in [3.63, 3.8) is 0 Å². The standard InChI is InChI=1S/C26H28Cl2F3N7O2/c1-4-37(21(24(33)39)10-15(2)3)22-13-38(36-23(22)16-8-9-19(27)20(28)11-16)25(34-14-32)35-17-6-5-7-18(12-17)40-26(29,30)31/h5-9,11-12,15,21-22H,4,10,13H2,1-3H3,(H2,33,39)(H,34,35)/t21-,22?/m1/s1. The van der Waals surface area contributed by atoms with Crippen molar-refractivity contribution in [3.8, 4) is 11.9 Å². The Labute approximate surface area is 240 Å². The Bertz CT molecular complexity index is 1330. The summed E-state index contributed by atoms with van der Waals surface area (Å²) < 4.78 is 42.1. The summed E-state index contributed by atoms with van der Waals surface area (Å²) in [4.78, 5) is 18.8. The second kappa shape index (κ2) is 13.2. The molecule has 0 saturated carbocycles. The summed E-state index contributed by atoms with van der Waals surface area (Å²) >= 11 is 12.4. The molecule has 2 aromatic carbocycles. The lowest BCUT2D eigenvalue weighted by Crippen LogP contribution is -2.54. The van der Waals surface area contributed by atoms with Gasteiger partial charge >= 0.3 is 6.36 Å². The number of nitrogens with two attached hydrogens (primary N) is 1. The number of benzene rings is 2. The SMILES string of the molecule is CCN(C1CN(C(=Nc2cccc(OC(F)(F)F)c2)NC#N)N=C1c1ccc(Cl)c(Cl)c1)[C@H](CC(C)C)C(N)=O. The topological polar surface area (TPSA) is 119 Å². The van der Waals surface area contributed by atoms with Gasteiger partial charge in [0.05, 0.1) is 40.1 Å². The van der Waals surface area contributed by atoms with E-state index in [1.165, 1.54) is 17.1 Å². The average Bonchev–Trinajstić information content (AvgIpc) is 3.29. The van der Waals surface area contributed by atoms with E-state index in [0.29, 0.717) is 34.3 Å². The van der Waals surface area contributed by atoms with Gasteiger partial charge in [0.15, 0.2) is 6.19 Å². The molecule has 0 fully saturated rings. The highest BCUT2D eigenvalue weighted by molar-refractivity contribution is 6.42. The molecular formula is C26H28Cl2F3N7O2. The van der Waals surface area contributed by atoms with E-state index in [1.54, 1.807) is 24.4 Å². The summed E-state index contributed by atoms with van der Waals surface area (Å²) in [6.07, 6.45) is -2.60. The molecule has 2 aromatic rings. The second-order valence-electron chi connectivity index (χ2n) is 9.31. The Balaban J connectivity index is 2.09. The minimum atomic E-state index is -4.88. The maximum Gasteiger partial charge on any atom is 0.573 e. The molecule has 1 heterocycles. The Kier molecular flexibility index (Phi) is 10.2. The highest BCUT2D eigenvalue weighted by atomic mass is 35.5. The number of halogens is 5. The van der Waals surface area contributed by atoms with E-state index in [2.05, 4.69) is 15.0 Å². The number of carbonyl (C=O) groups excluding carboxylic acids is 1. The number of carbonyl (C=O) groups is 1. The van der Waals surface area contributed by atoms with Crippen LogP contribution in [0.25, 0.3) is 0 Å². The number of hydrogen-bond acceptors (Lipinski definition) is 6. The van der Waals surface area contributed by atoms with Crippen molar-refractivity contribution < 1.29 is 22.7 Å². The number of likely N-dealkylation sites (N-methyl/N-ethyl adjacent to an activating group) is 1. The van der Waals surface area contributed by atoms with Gasteiger partial charge in [0.2, 0.25) is 11.9 Å². The third-order valence-electron chi connectivity index (χ3n) is 5.99. The molecule has 0 saturated heterocycles. The van der Waals surface area contributed by atoms with Gasteiger partial charge in [-0.3, -0.25) is 15.0 Å². The second-order valence-corrected chi connectivity index (χ2v) is 10.1. The van der Waals surface area contributed by atoms with Crippen LogP contribution in [0.15, 0.2) is 52.6 Å². The lowest BCUT2D eigenvalue weighted by atomic mass is 9.96. The largest absolute Gasteiger partial charge is 0.573 e. The average molecular weight is 598 g/mol. The van der Waals surface area contributed by atoms with Crippen LogP contribution in [0.4, 0.5) is 18.9 Å². The third kappa shape index (κ3) is 8.00. The number of guanidine groups is 1. The maximum absolute atomic E-state index is 12.7. The highest BCUT2D eigenvalue weighted by Crippen LogP contribution is 2.30. The highest BCUT2D eigenvalue weighted by Gasteiger charge is 2.39. The summed E-state index contributed by atoms with van der Waals surface area (Å²) in [5, 5.41) is 18.6. The van der Waals surface area contributed by atoms with Crippen LogP contribution in [0.3, 0.4) is 0 Å². The van der Waals surface area contributed by atoms with Gasteiger partial charge in [-0.25, -0.2) is 10.0 Å². The van der Waals surface area contributed by atoms with E-state index < -0.39 is 30.1 Å². The molecule has 1 aliphatic rings. The first-order chi connectivity index (χ1) is 18.8. The van der Waals surface area contributed by atoms with Gasteiger partial charge in [0.1, 0.15) is 5.75 Å². The number of nitrogens with one attached hydrogen (secondary N) is 1. The van der Waals surface area contributed by atoms with Gasteiger partial charge in [0.25, 0.3) is 0 Å². The van der Waals surface area contributed by atoms with Crippen molar-refractivity contribution in [1.82, 2.24) is 15.2 Å². The Hall–Kier alpha value is -3.53. The van der Waals surface area contributed by atoms with Crippen molar-refractivity contribution in [2.24, 2.45) is 21.7 Å². The predicted molar refractivity (Wildman–Crippen MR) is 147 cm³/mol. The molecule has 214 valence electrons. The molecule has 40 heavy (non-hydrogen) atoms. The molecular weight excluding hydrogens is 570 g/mol. The minimum absolute atomic E-state index is 0.0535. The number of ether oxygens (including phenoxy) is 1. The summed E-state index contributed by atoms with van der Waals surface area (Å²) in [6, 6.07) is 8.86. The van der Waals surface area contributed by atoms with Gasteiger partial charge < -0.3 is 10.5 Å². The van der Waals surface area contributed by atoms with Gasteiger partial charge in [0, 0.05) is 11.6 Å². The van der Waals surface area contributed by atoms with Gasteiger partial charge in [-0.1, -0.05) is 56.1 Å². The third-order valence-corrected chi connectivity index (χ3v) is 6.73. The molecule has 1 unspecified atom stereocenters. The number of primary amides is 1. The Morgan fingerprint density at radius 3 is 2.60 bits per heavy atom. The number of hydrogen-bond donors (Lipinski definition) is 2. The van der Waals surface area contributed by atoms with Crippen LogP contribution in [0.2, 0.25) is 10.0 Å². The summed E-state index contributed by atoms with van der Waals surface area (Å²) in [5.41, 5.74) is 7.02. The zero-order chi connectivity index (χ0) is 29.6. The van der Waals surface area contributed by atoms with E-state index >= 15 is 0 Å². The first-order valence-corrected chi connectivity index (χ1v) is 13.0. The number of nitriles is 1. The molecule has 0 radical (unpaired) electrons. The number of nitrogens with zero attached hydrogens (tertiary/aromatic N) is 5. The molecule has 0 spiro atoms. The molecule has 0 aliphatic carbocycles. The van der Waals surface area contributed by atoms with E-state index in [4.69, 9.17) is 34.0 Å². The molecule has 1 aliphatic heterocycles. The molecule has 14 heteroatoms. The zero-order valence-corrected chi connectivity index (χ0v) is 23.4. The van der Waals surface area contributed by atoms with Crippen LogP contribution < -0.4 is 15.8 Å². The number of hydrazone groups is 1. The van der Waals surface area contributed by atoms with Crippen molar-refractivity contribution in [2.45, 2.75) is 45.6 Å². The van der Waals surface area contributed by atoms with E-state index in [0.717, 1.165) is 12.1 Å². The van der Waals surface area contributed by atoms with Crippen LogP contribution >= 0.6 is 23.2 Å². The minimum Gasteiger partial charge on any atom is -0.406 e. The Morgan fingerprint density at radius 2 is 2.02 bits per heavy atom. The Morgan fingerprint density at radius 1 is 1.30 bits per heavy atom. The van der Waals surface area contributed by atoms with Crippen molar-refractivity contribution in [2.75, 3.05) is 13.1 Å². The maximum atomic E-state index is 12.7. The first kappa shape index (κ1) is 31.0. The van der Waals surface area contributed by atoms with E-state index in [9.17, 15) is 23.2 Å². The van der Waals surface area contributed by atoms with Crippen LogP contribution in [-0.2, 0) is 4.79 Å². The molecule has 9 nitrogen and oxygen atoms in total. The fourth-order valence-corrected chi connectivity index (χ4v) is 4.68. The monoisotopic (exact) mass is 597 g/mol. The number of aliphatic imine (C=N–C) groups is 1. The molecule has 0 aromatic heterocycles. The first-order valence-electron chi connectivity index (χ1n) is 12.3. The van der Waals surface area contributed by atoms with E-state index in [-0.39, 0.29) is 24.1 Å². The quantitative estimate of drug-likeness (QED) is 0.176. The van der Waals surface area contributed by atoms with E-state index in [1.807, 2.05) is 25.7 Å². The molecule has 2 atom stereocenters. The van der Waals surface area contributed by atoms with Crippen LogP contribution in [0, 0.1) is 17.4 Å². The summed E-state index contributed by atoms with van der Waals surface area (Å²) in [5.74, 6) is -0.854. The van der Waals surface area contributed by atoms with Crippen LogP contribution in [0.1, 0.15) is 32.8 Å². The normalized spacial score (nSPS) is 16.6. The number of amides is 1. The molecule has 3 N–H and O–H groups in total. The number of rotatable bonds is 9. The summed E-state index contributed by atoms with van der Waals surface area (Å²) in [7, 11) is 0. The van der Waals surface area contributed by atoms with Crippen molar-refractivity contribution >= 4 is 46.5 Å². The lowest BCUT2D eigenvalue weighted by molar-refractivity contribution is -0.274. The molecule has 0 bridgehead atoms. The number of alkyl halides is 3. The van der Waals surface area contributed by atoms with Gasteiger partial charge in [-0.2, -0.15) is 10.4 Å². The smallest absolute Gasteiger partial charge is 0.406 e. The van der Waals surface area contributed by atoms with Crippen LogP contribution in [0.5, 0.6) is 5.75 Å². The van der Waals surface area contributed by atoms with Gasteiger partial charge in [-0.15, -0.1) is 13.2 Å². The van der Waals surface area contributed by atoms with Gasteiger partial charge in [-0.05, 0) is 43.1 Å². The summed E-state index contributed by atoms with van der Waals surface area (Å²) in [6.45, 7) is 6.43. The van der Waals surface area contributed by atoms with Crippen LogP contribution in [-0.4, -0.2) is 59.0 Å². The fraction of sp³-hybridized carbons (Fsp3) is 0.385. The van der Waals surface area contributed by atoms with Crippen molar-refractivity contribution in [3.05, 3.63) is 58.1 Å². The molecule has 3 rings (SSSR count).